The van der Waals surface area contributed by atoms with Gasteiger partial charge in [-0.15, -0.1) is 0 Å². The van der Waals surface area contributed by atoms with E-state index < -0.39 is 11.2 Å². The second kappa shape index (κ2) is 8.63. The van der Waals surface area contributed by atoms with Crippen molar-refractivity contribution in [2.24, 2.45) is 22.7 Å². The van der Waals surface area contributed by atoms with E-state index in [-0.39, 0.29) is 40.9 Å². The topological polar surface area (TPSA) is 106 Å². The molecule has 9 atom stereocenters. The number of fused-ring (bicyclic) bond motifs is 5. The maximum absolute atomic E-state index is 12.4. The molecule has 5 fully saturated rings. The molecule has 5 aliphatic rings. The minimum absolute atomic E-state index is 0.127. The maximum atomic E-state index is 12.4. The maximum Gasteiger partial charge on any atom is 0.335 e. The van der Waals surface area contributed by atoms with Crippen molar-refractivity contribution in [3.8, 4) is 0 Å². The lowest BCUT2D eigenvalue weighted by atomic mass is 9.41. The van der Waals surface area contributed by atoms with Crippen LogP contribution in [0.1, 0.15) is 83.1 Å². The minimum Gasteiger partial charge on any atom is -0.431 e. The molecule has 7 nitrogen and oxygen atoms in total. The van der Waals surface area contributed by atoms with Crippen LogP contribution >= 0.6 is 0 Å². The van der Waals surface area contributed by atoms with Crippen LogP contribution in [-0.4, -0.2) is 69.7 Å². The molecule has 1 unspecified atom stereocenters. The molecule has 0 bridgehead atoms. The number of nitrogens with zero attached hydrogens (tertiary/aromatic N) is 1. The molecule has 7 heteroatoms. The molecule has 4 saturated carbocycles. The molecular formula is C29H44N2O5. The fourth-order valence-electron chi connectivity index (χ4n) is 10.0. The molecule has 6 rings (SSSR count). The third kappa shape index (κ3) is 3.39. The molecule has 1 saturated heterocycles. The first kappa shape index (κ1) is 25.1. The van der Waals surface area contributed by atoms with Crippen LogP contribution in [0.15, 0.2) is 27.6 Å². The highest BCUT2D eigenvalue weighted by molar-refractivity contribution is 5.28. The van der Waals surface area contributed by atoms with Crippen LogP contribution in [0.4, 0.5) is 0 Å². The average molecular weight is 501 g/mol. The molecule has 0 spiro atoms. The fraction of sp³-hybridized carbons (Fsp3) is 0.828. The van der Waals surface area contributed by atoms with E-state index in [9.17, 15) is 20.1 Å². The van der Waals surface area contributed by atoms with Gasteiger partial charge in [0.25, 0.3) is 0 Å². The van der Waals surface area contributed by atoms with Gasteiger partial charge >= 0.3 is 5.63 Å². The van der Waals surface area contributed by atoms with E-state index in [1.807, 2.05) is 6.07 Å². The number of piperazine rings is 1. The third-order valence-corrected chi connectivity index (χ3v) is 12.2. The van der Waals surface area contributed by atoms with Crippen LogP contribution < -0.4 is 10.9 Å². The third-order valence-electron chi connectivity index (χ3n) is 12.2. The highest BCUT2D eigenvalue weighted by Crippen LogP contribution is 2.71. The number of hydrogen-bond donors (Lipinski definition) is 4. The van der Waals surface area contributed by atoms with Gasteiger partial charge in [-0.05, 0) is 92.6 Å². The normalized spacial score (nSPS) is 49.2. The smallest absolute Gasteiger partial charge is 0.335 e. The SMILES string of the molecule is C[C@]12CC[C@H](N3CCNCC3CO)C[C@@]1(O)CC[C@@H]1[C@@H]2CC[C@]2(C)[C@@H](c3ccc(=O)oc3)CC[C@]12O. The predicted octanol–water partition coefficient (Wildman–Crippen LogP) is 2.63. The van der Waals surface area contributed by atoms with E-state index in [0.29, 0.717) is 12.0 Å². The lowest BCUT2D eigenvalue weighted by Gasteiger charge is -2.66. The molecule has 1 aromatic rings. The lowest BCUT2D eigenvalue weighted by molar-refractivity contribution is -0.251. The van der Waals surface area contributed by atoms with Gasteiger partial charge in [-0.2, -0.15) is 0 Å². The standard InChI is InChI=1S/C29H44N2O5/c1-26-9-5-20(31-14-13-30-16-21(31)17-32)15-28(26,34)11-7-24-23(26)6-10-27(2)22(8-12-29(24,27)35)19-3-4-25(33)36-18-19/h3-4,18,20-24,30,32,34-35H,5-17H2,1-2H3/t20-,21?,22+,23-,24+,26+,27+,28-,29-/m0/s1. The van der Waals surface area contributed by atoms with Gasteiger partial charge in [0, 0.05) is 43.2 Å². The van der Waals surface area contributed by atoms with E-state index in [0.717, 1.165) is 83.0 Å². The number of hydrogen-bond acceptors (Lipinski definition) is 7. The molecule has 36 heavy (non-hydrogen) atoms. The summed E-state index contributed by atoms with van der Waals surface area (Å²) in [6.45, 7) is 7.39. The quantitative estimate of drug-likeness (QED) is 0.506. The van der Waals surface area contributed by atoms with Gasteiger partial charge in [0.15, 0.2) is 0 Å². The Hall–Kier alpha value is -1.25. The number of aliphatic hydroxyl groups excluding tert-OH is 1. The Bertz CT molecular complexity index is 1030. The van der Waals surface area contributed by atoms with Crippen molar-refractivity contribution in [1.82, 2.24) is 10.2 Å². The lowest BCUT2D eigenvalue weighted by Crippen LogP contribution is -2.69. The van der Waals surface area contributed by atoms with Crippen LogP contribution in [0.3, 0.4) is 0 Å². The van der Waals surface area contributed by atoms with E-state index in [1.165, 1.54) is 6.07 Å². The highest BCUT2D eigenvalue weighted by atomic mass is 16.4. The van der Waals surface area contributed by atoms with Crippen molar-refractivity contribution in [3.05, 3.63) is 34.4 Å². The van der Waals surface area contributed by atoms with Crippen molar-refractivity contribution in [2.75, 3.05) is 26.2 Å². The monoisotopic (exact) mass is 500 g/mol. The van der Waals surface area contributed by atoms with Gasteiger partial charge in [-0.1, -0.05) is 13.8 Å². The first-order valence-corrected chi connectivity index (χ1v) is 14.3. The Labute approximate surface area is 214 Å². The second-order valence-corrected chi connectivity index (χ2v) is 13.2. The first-order chi connectivity index (χ1) is 17.2. The minimum atomic E-state index is -0.765. The highest BCUT2D eigenvalue weighted by Gasteiger charge is 2.70. The van der Waals surface area contributed by atoms with Gasteiger partial charge in [0.05, 0.1) is 24.1 Å². The Balaban J connectivity index is 1.26. The summed E-state index contributed by atoms with van der Waals surface area (Å²) in [6.07, 6.45) is 9.59. The molecule has 2 heterocycles. The molecule has 0 aromatic carbocycles. The molecular weight excluding hydrogens is 456 g/mol. The summed E-state index contributed by atoms with van der Waals surface area (Å²) >= 11 is 0. The summed E-state index contributed by atoms with van der Waals surface area (Å²) < 4.78 is 5.22. The van der Waals surface area contributed by atoms with Gasteiger partial charge in [-0.25, -0.2) is 4.79 Å². The summed E-state index contributed by atoms with van der Waals surface area (Å²) in [6, 6.07) is 3.82. The van der Waals surface area contributed by atoms with Crippen LogP contribution in [0.5, 0.6) is 0 Å². The Morgan fingerprint density at radius 1 is 1.03 bits per heavy atom. The molecule has 0 amide bonds. The van der Waals surface area contributed by atoms with E-state index in [1.54, 1.807) is 6.26 Å². The number of aliphatic hydroxyl groups is 3. The molecule has 200 valence electrons. The summed E-state index contributed by atoms with van der Waals surface area (Å²) in [5.41, 5.74) is -1.26. The van der Waals surface area contributed by atoms with Crippen molar-refractivity contribution < 1.29 is 19.7 Å². The summed E-state index contributed by atoms with van der Waals surface area (Å²) in [5, 5.41) is 38.1. The van der Waals surface area contributed by atoms with E-state index in [4.69, 9.17) is 4.42 Å². The number of nitrogens with one attached hydrogen (secondary N) is 1. The zero-order valence-corrected chi connectivity index (χ0v) is 21.9. The van der Waals surface area contributed by atoms with Crippen molar-refractivity contribution in [1.29, 1.82) is 0 Å². The first-order valence-electron chi connectivity index (χ1n) is 14.3. The summed E-state index contributed by atoms with van der Waals surface area (Å²) in [4.78, 5) is 14.0. The average Bonchev–Trinajstić information content (AvgIpc) is 3.16. The molecule has 4 N–H and O–H groups in total. The molecule has 1 aliphatic heterocycles. The zero-order valence-electron chi connectivity index (χ0n) is 21.9. The van der Waals surface area contributed by atoms with Gasteiger partial charge in [0.2, 0.25) is 0 Å². The van der Waals surface area contributed by atoms with Crippen molar-refractivity contribution >= 4 is 0 Å². The van der Waals surface area contributed by atoms with Gasteiger partial charge < -0.3 is 25.1 Å². The van der Waals surface area contributed by atoms with E-state index >= 15 is 0 Å². The predicted molar refractivity (Wildman–Crippen MR) is 137 cm³/mol. The summed E-state index contributed by atoms with van der Waals surface area (Å²) in [5.74, 6) is 0.669. The molecule has 4 aliphatic carbocycles. The largest absolute Gasteiger partial charge is 0.431 e. The zero-order chi connectivity index (χ0) is 25.3. The summed E-state index contributed by atoms with van der Waals surface area (Å²) in [7, 11) is 0. The molecule has 1 aromatic heterocycles. The van der Waals surface area contributed by atoms with Gasteiger partial charge in [-0.3, -0.25) is 4.90 Å². The van der Waals surface area contributed by atoms with Gasteiger partial charge in [0.1, 0.15) is 0 Å². The van der Waals surface area contributed by atoms with Crippen LogP contribution in [-0.2, 0) is 0 Å². The fourth-order valence-corrected chi connectivity index (χ4v) is 10.0. The molecule has 0 radical (unpaired) electrons. The number of rotatable bonds is 3. The second-order valence-electron chi connectivity index (χ2n) is 13.2. The van der Waals surface area contributed by atoms with Crippen LogP contribution in [0.25, 0.3) is 0 Å². The Morgan fingerprint density at radius 3 is 2.56 bits per heavy atom. The van der Waals surface area contributed by atoms with Crippen molar-refractivity contribution in [3.63, 3.8) is 0 Å². The van der Waals surface area contributed by atoms with Crippen LogP contribution in [0.2, 0.25) is 0 Å². The Morgan fingerprint density at radius 2 is 1.81 bits per heavy atom. The van der Waals surface area contributed by atoms with Crippen molar-refractivity contribution in [2.45, 2.75) is 101 Å². The Kier molecular flexibility index (Phi) is 6.01. The van der Waals surface area contributed by atoms with E-state index in [2.05, 4.69) is 24.1 Å². The van der Waals surface area contributed by atoms with Crippen LogP contribution in [0, 0.1) is 22.7 Å².